The number of ether oxygens (including phenoxy) is 1. The molecular weight excluding hydrogens is 344 g/mol. The molecule has 2 atom stereocenters. The molecule has 1 saturated heterocycles. The molecule has 1 aliphatic heterocycles. The Kier molecular flexibility index (Phi) is 9.25. The highest BCUT2D eigenvalue weighted by molar-refractivity contribution is 7.97. The maximum absolute atomic E-state index is 12.1. The second-order valence-electron chi connectivity index (χ2n) is 8.97. The number of rotatable bonds is 8. The summed E-state index contributed by atoms with van der Waals surface area (Å²) in [6.07, 6.45) is 7.51. The van der Waals surface area contributed by atoms with Crippen LogP contribution in [0.3, 0.4) is 0 Å². The monoisotopic (exact) mass is 384 g/mol. The summed E-state index contributed by atoms with van der Waals surface area (Å²) in [4.78, 5) is 14.2. The molecule has 0 unspecified atom stereocenters. The third-order valence-corrected chi connectivity index (χ3v) is 7.30. The number of carbonyl (C=O) groups excluding carboxylic acids is 1. The summed E-state index contributed by atoms with van der Waals surface area (Å²) < 4.78 is 9.99. The third-order valence-electron chi connectivity index (χ3n) is 6.00. The van der Waals surface area contributed by atoms with Crippen molar-refractivity contribution in [2.75, 3.05) is 18.9 Å². The van der Waals surface area contributed by atoms with Crippen LogP contribution >= 0.6 is 11.9 Å². The lowest BCUT2D eigenvalue weighted by Gasteiger charge is -2.42. The van der Waals surface area contributed by atoms with E-state index in [2.05, 4.69) is 32.4 Å². The van der Waals surface area contributed by atoms with Crippen molar-refractivity contribution in [2.45, 2.75) is 91.3 Å². The Morgan fingerprint density at radius 1 is 1.15 bits per heavy atom. The Bertz CT molecular complexity index is 422. The van der Waals surface area contributed by atoms with Crippen molar-refractivity contribution in [2.24, 2.45) is 17.8 Å². The van der Waals surface area contributed by atoms with E-state index in [1.54, 1.807) is 18.9 Å². The average molecular weight is 385 g/mol. The van der Waals surface area contributed by atoms with Gasteiger partial charge < -0.3 is 9.64 Å². The van der Waals surface area contributed by atoms with Crippen LogP contribution in [-0.2, 0) is 9.53 Å². The summed E-state index contributed by atoms with van der Waals surface area (Å²) in [6.45, 7) is 12.4. The lowest BCUT2D eigenvalue weighted by molar-refractivity contribution is -0.136. The number of nitrogens with one attached hydrogen (secondary N) is 1. The van der Waals surface area contributed by atoms with Crippen LogP contribution in [0.1, 0.15) is 73.1 Å². The molecular formula is C21H40N2O2S. The molecule has 26 heavy (non-hydrogen) atoms. The van der Waals surface area contributed by atoms with Gasteiger partial charge in [-0.2, -0.15) is 0 Å². The van der Waals surface area contributed by atoms with Crippen LogP contribution in [0.2, 0.25) is 0 Å². The Morgan fingerprint density at radius 3 is 2.42 bits per heavy atom. The van der Waals surface area contributed by atoms with E-state index in [9.17, 15) is 4.79 Å². The smallest absolute Gasteiger partial charge is 0.219 e. The van der Waals surface area contributed by atoms with E-state index in [4.69, 9.17) is 4.74 Å². The van der Waals surface area contributed by atoms with E-state index in [0.29, 0.717) is 24.7 Å². The fourth-order valence-corrected chi connectivity index (χ4v) is 5.19. The van der Waals surface area contributed by atoms with Gasteiger partial charge in [0.05, 0.1) is 18.8 Å². The Morgan fingerprint density at radius 2 is 1.85 bits per heavy atom. The van der Waals surface area contributed by atoms with Crippen LogP contribution in [0.4, 0.5) is 0 Å². The molecule has 0 aromatic rings. The number of hydrogen-bond acceptors (Lipinski definition) is 4. The zero-order valence-electron chi connectivity index (χ0n) is 17.5. The molecule has 2 rings (SSSR count). The van der Waals surface area contributed by atoms with Gasteiger partial charge in [-0.3, -0.25) is 9.52 Å². The third kappa shape index (κ3) is 6.72. The van der Waals surface area contributed by atoms with Crippen LogP contribution in [0.15, 0.2) is 0 Å². The van der Waals surface area contributed by atoms with E-state index in [1.807, 2.05) is 4.90 Å². The van der Waals surface area contributed by atoms with Gasteiger partial charge in [0.2, 0.25) is 5.91 Å². The van der Waals surface area contributed by atoms with Crippen LogP contribution in [0.25, 0.3) is 0 Å². The van der Waals surface area contributed by atoms with Crippen molar-refractivity contribution in [1.29, 1.82) is 0 Å². The van der Waals surface area contributed by atoms with Crippen molar-refractivity contribution in [3.05, 3.63) is 0 Å². The molecule has 2 aliphatic rings. The number of nitrogens with zero attached hydrogens (tertiary/aromatic N) is 1. The first-order valence-corrected chi connectivity index (χ1v) is 11.6. The van der Waals surface area contributed by atoms with Crippen molar-refractivity contribution in [3.8, 4) is 0 Å². The van der Waals surface area contributed by atoms with E-state index in [0.717, 1.165) is 37.0 Å². The van der Waals surface area contributed by atoms with Crippen LogP contribution in [0.5, 0.6) is 0 Å². The standard InChI is InChI=1S/C21H40N2O2S/c1-15(2)14-26-22-20-7-6-12-23(17(5)24)21(20)13-25-19-10-8-18(9-11-19)16(3)4/h15-16,18-22H,6-14H2,1-5H3/t18-,19+,20-,21-/m0/s1. The summed E-state index contributed by atoms with van der Waals surface area (Å²) >= 11 is 1.81. The fourth-order valence-electron chi connectivity index (χ4n) is 4.27. The molecule has 0 bridgehead atoms. The predicted molar refractivity (Wildman–Crippen MR) is 111 cm³/mol. The molecule has 0 spiro atoms. The molecule has 0 aromatic heterocycles. The molecule has 5 heteroatoms. The minimum atomic E-state index is 0.170. The lowest BCUT2D eigenvalue weighted by atomic mass is 9.80. The molecule has 4 nitrogen and oxygen atoms in total. The maximum atomic E-state index is 12.1. The van der Waals surface area contributed by atoms with E-state index < -0.39 is 0 Å². The first-order valence-electron chi connectivity index (χ1n) is 10.6. The van der Waals surface area contributed by atoms with Gasteiger partial charge in [-0.1, -0.05) is 39.6 Å². The number of piperidine rings is 1. The van der Waals surface area contributed by atoms with Gasteiger partial charge in [-0.05, 0) is 56.3 Å². The topological polar surface area (TPSA) is 41.6 Å². The summed E-state index contributed by atoms with van der Waals surface area (Å²) in [7, 11) is 0. The van der Waals surface area contributed by atoms with Gasteiger partial charge in [-0.15, -0.1) is 0 Å². The van der Waals surface area contributed by atoms with Gasteiger partial charge in [0.25, 0.3) is 0 Å². The molecule has 1 heterocycles. The summed E-state index contributed by atoms with van der Waals surface area (Å²) in [6, 6.07) is 0.507. The average Bonchev–Trinajstić information content (AvgIpc) is 2.60. The molecule has 0 aromatic carbocycles. The summed E-state index contributed by atoms with van der Waals surface area (Å²) in [5, 5.41) is 0. The largest absolute Gasteiger partial charge is 0.376 e. The molecule has 1 saturated carbocycles. The highest BCUT2D eigenvalue weighted by atomic mass is 32.2. The van der Waals surface area contributed by atoms with Crippen LogP contribution in [-0.4, -0.2) is 47.9 Å². The minimum Gasteiger partial charge on any atom is -0.376 e. The zero-order chi connectivity index (χ0) is 19.1. The van der Waals surface area contributed by atoms with Gasteiger partial charge in [-0.25, -0.2) is 0 Å². The Labute approximate surface area is 165 Å². The number of likely N-dealkylation sites (tertiary alicyclic amines) is 1. The van der Waals surface area contributed by atoms with Crippen LogP contribution < -0.4 is 4.72 Å². The highest BCUT2D eigenvalue weighted by Crippen LogP contribution is 2.32. The number of carbonyl (C=O) groups is 1. The first-order chi connectivity index (χ1) is 12.4. The van der Waals surface area contributed by atoms with Crippen molar-refractivity contribution in [3.63, 3.8) is 0 Å². The number of amides is 1. The first kappa shape index (κ1) is 22.0. The quantitative estimate of drug-likeness (QED) is 0.626. The normalized spacial score (nSPS) is 30.2. The highest BCUT2D eigenvalue weighted by Gasteiger charge is 2.34. The SMILES string of the molecule is CC(=O)N1CCC[C@H](NSCC(C)C)[C@@H]1CO[C@H]1CC[C@@H](C(C)C)CC1. The van der Waals surface area contributed by atoms with Crippen molar-refractivity contribution in [1.82, 2.24) is 9.62 Å². The van der Waals surface area contributed by atoms with Gasteiger partial charge in [0.15, 0.2) is 0 Å². The van der Waals surface area contributed by atoms with Crippen molar-refractivity contribution >= 4 is 17.9 Å². The van der Waals surface area contributed by atoms with Gasteiger partial charge >= 0.3 is 0 Å². The van der Waals surface area contributed by atoms with Crippen molar-refractivity contribution < 1.29 is 9.53 Å². The van der Waals surface area contributed by atoms with Gasteiger partial charge in [0, 0.05) is 25.3 Å². The fraction of sp³-hybridized carbons (Fsp3) is 0.952. The van der Waals surface area contributed by atoms with E-state index >= 15 is 0 Å². The molecule has 1 N–H and O–H groups in total. The number of hydrogen-bond donors (Lipinski definition) is 1. The second-order valence-corrected chi connectivity index (χ2v) is 9.82. The molecule has 1 aliphatic carbocycles. The molecule has 2 fully saturated rings. The van der Waals surface area contributed by atoms with E-state index in [-0.39, 0.29) is 11.9 Å². The maximum Gasteiger partial charge on any atom is 0.219 e. The molecule has 1 amide bonds. The van der Waals surface area contributed by atoms with Gasteiger partial charge in [0.1, 0.15) is 0 Å². The Hall–Kier alpha value is -0.260. The van der Waals surface area contributed by atoms with E-state index in [1.165, 1.54) is 25.7 Å². The minimum absolute atomic E-state index is 0.170. The molecule has 0 radical (unpaired) electrons. The second kappa shape index (κ2) is 10.9. The Balaban J connectivity index is 1.87. The summed E-state index contributed by atoms with van der Waals surface area (Å²) in [5.41, 5.74) is 0. The molecule has 152 valence electrons. The predicted octanol–water partition coefficient (Wildman–Crippen LogP) is 4.49. The summed E-state index contributed by atoms with van der Waals surface area (Å²) in [5.74, 6) is 3.60. The zero-order valence-corrected chi connectivity index (χ0v) is 18.3. The lowest BCUT2D eigenvalue weighted by Crippen LogP contribution is -2.56. The van der Waals surface area contributed by atoms with Crippen LogP contribution in [0, 0.1) is 17.8 Å².